The molecule has 1 spiro atoms. The quantitative estimate of drug-likeness (QED) is 0.153. The highest BCUT2D eigenvalue weighted by atomic mass is 19.1. The van der Waals surface area contributed by atoms with Crippen molar-refractivity contribution in [3.8, 4) is 41.4 Å². The molecule has 5 atom stereocenters. The number of nitriles is 1. The van der Waals surface area contributed by atoms with Crippen molar-refractivity contribution < 1.29 is 32.5 Å². The van der Waals surface area contributed by atoms with Gasteiger partial charge in [0.15, 0.2) is 5.82 Å². The largest absolute Gasteiger partial charge is 0.508 e. The SMILES string of the molecule is C#Cc1c(F)ccc2cc(O)cc(-c3ncc4c(N5C[C@H]6CC(C#N)[C@@H](C5)N6C(=O)C=C)nc(OC[C@]5(C)C[C@@H](F)CN5C5CC6(CCN(C7CCOCC7)CC6)C5)nc4c3F)c12. The number of aromatic hydroxyl groups is 1. The third-order valence-electron chi connectivity index (χ3n) is 15.2. The molecule has 0 radical (unpaired) electrons. The van der Waals surface area contributed by atoms with Gasteiger partial charge in [0, 0.05) is 68.5 Å². The van der Waals surface area contributed by atoms with Gasteiger partial charge in [0.2, 0.25) is 5.91 Å². The topological polar surface area (TPSA) is 131 Å². The zero-order valence-electron chi connectivity index (χ0n) is 35.4. The summed E-state index contributed by atoms with van der Waals surface area (Å²) in [5, 5.41) is 21.7. The van der Waals surface area contributed by atoms with Gasteiger partial charge in [-0.1, -0.05) is 18.6 Å². The highest BCUT2D eigenvalue weighted by Gasteiger charge is 2.55. The number of nitrogens with zero attached hydrogens (tertiary/aromatic N) is 8. The lowest BCUT2D eigenvalue weighted by molar-refractivity contribution is -0.129. The van der Waals surface area contributed by atoms with Crippen LogP contribution in [0.3, 0.4) is 0 Å². The van der Waals surface area contributed by atoms with Crippen LogP contribution < -0.4 is 9.64 Å². The number of ether oxygens (including phenoxy) is 2. The van der Waals surface area contributed by atoms with Gasteiger partial charge in [-0.25, -0.2) is 13.2 Å². The number of hydrogen-bond donors (Lipinski definition) is 1. The summed E-state index contributed by atoms with van der Waals surface area (Å²) in [6.45, 7) is 10.4. The first-order valence-corrected chi connectivity index (χ1v) is 22.1. The van der Waals surface area contributed by atoms with Crippen molar-refractivity contribution >= 4 is 33.4 Å². The smallest absolute Gasteiger partial charge is 0.319 e. The lowest BCUT2D eigenvalue weighted by Gasteiger charge is -2.57. The van der Waals surface area contributed by atoms with Gasteiger partial charge in [-0.2, -0.15) is 15.2 Å². The van der Waals surface area contributed by atoms with Crippen molar-refractivity contribution in [2.45, 2.75) is 94.2 Å². The molecule has 4 aromatic rings. The van der Waals surface area contributed by atoms with Gasteiger partial charge >= 0.3 is 6.01 Å². The molecule has 10 rings (SSSR count). The Morgan fingerprint density at radius 3 is 2.60 bits per heavy atom. The summed E-state index contributed by atoms with van der Waals surface area (Å²) in [6, 6.07) is 7.57. The first-order chi connectivity index (χ1) is 30.4. The molecule has 12 nitrogen and oxygen atoms in total. The molecule has 6 aliphatic rings. The molecule has 1 aliphatic carbocycles. The van der Waals surface area contributed by atoms with E-state index in [4.69, 9.17) is 20.9 Å². The third kappa shape index (κ3) is 7.13. The molecule has 15 heteroatoms. The predicted molar refractivity (Wildman–Crippen MR) is 231 cm³/mol. The number of pyridine rings is 1. The van der Waals surface area contributed by atoms with E-state index in [2.05, 4.69) is 38.3 Å². The molecular weight excluding hydrogens is 810 g/mol. The van der Waals surface area contributed by atoms with Gasteiger partial charge in [0.1, 0.15) is 41.4 Å². The average molecular weight is 861 g/mol. The van der Waals surface area contributed by atoms with E-state index >= 15 is 13.2 Å². The van der Waals surface area contributed by atoms with Gasteiger partial charge in [0.05, 0.1) is 40.6 Å². The zero-order valence-corrected chi connectivity index (χ0v) is 35.4. The number of piperidine rings is 1. The number of alkyl halides is 1. The van der Waals surface area contributed by atoms with Crippen molar-refractivity contribution in [3.63, 3.8) is 0 Å². The second kappa shape index (κ2) is 15.9. The Bertz CT molecular complexity index is 2580. The Morgan fingerprint density at radius 1 is 1.10 bits per heavy atom. The summed E-state index contributed by atoms with van der Waals surface area (Å²) in [5.41, 5.74) is -0.834. The van der Waals surface area contributed by atoms with Gasteiger partial charge in [-0.05, 0) is 100 Å². The Morgan fingerprint density at radius 2 is 1.87 bits per heavy atom. The fourth-order valence-electron chi connectivity index (χ4n) is 12.0. The Hall–Kier alpha value is -5.48. The fraction of sp³-hybridized carbons (Fsp3) is 0.521. The maximum atomic E-state index is 17.3. The molecule has 1 N–H and O–H groups in total. The molecular formula is C48H51F3N8O4. The second-order valence-corrected chi connectivity index (χ2v) is 18.9. The third-order valence-corrected chi connectivity index (χ3v) is 15.2. The van der Waals surface area contributed by atoms with Crippen LogP contribution in [0, 0.1) is 46.6 Å². The van der Waals surface area contributed by atoms with Crippen molar-refractivity contribution in [1.29, 1.82) is 5.26 Å². The molecule has 1 amide bonds. The summed E-state index contributed by atoms with van der Waals surface area (Å²) in [5.74, 6) is 0.204. The molecule has 2 aromatic carbocycles. The number of benzene rings is 2. The van der Waals surface area contributed by atoms with Gasteiger partial charge in [-0.3, -0.25) is 14.7 Å². The van der Waals surface area contributed by atoms with E-state index in [1.807, 2.05) is 11.8 Å². The van der Waals surface area contributed by atoms with Crippen molar-refractivity contribution in [2.24, 2.45) is 11.3 Å². The maximum absolute atomic E-state index is 17.3. The molecule has 5 saturated heterocycles. The van der Waals surface area contributed by atoms with Crippen LogP contribution in [0.25, 0.3) is 32.9 Å². The highest BCUT2D eigenvalue weighted by molar-refractivity contribution is 6.03. The van der Waals surface area contributed by atoms with Gasteiger partial charge in [0.25, 0.3) is 0 Å². The lowest BCUT2D eigenvalue weighted by atomic mass is 9.59. The van der Waals surface area contributed by atoms with E-state index in [-0.39, 0.29) is 94.4 Å². The number of likely N-dealkylation sites (tertiary alicyclic amines) is 2. The zero-order chi connectivity index (χ0) is 43.8. The van der Waals surface area contributed by atoms with Crippen LogP contribution in [0.5, 0.6) is 11.8 Å². The summed E-state index contributed by atoms with van der Waals surface area (Å²) in [4.78, 5) is 35.6. The Balaban J connectivity index is 0.977. The maximum Gasteiger partial charge on any atom is 0.319 e. The molecule has 6 fully saturated rings. The summed E-state index contributed by atoms with van der Waals surface area (Å²) < 4.78 is 60.0. The first kappa shape index (κ1) is 41.5. The lowest BCUT2D eigenvalue weighted by Crippen LogP contribution is -2.60. The molecule has 1 unspecified atom stereocenters. The first-order valence-electron chi connectivity index (χ1n) is 22.1. The number of anilines is 1. The number of carbonyl (C=O) groups is 1. The Kier molecular flexibility index (Phi) is 10.5. The molecule has 2 aromatic heterocycles. The van der Waals surface area contributed by atoms with E-state index in [1.165, 1.54) is 36.5 Å². The molecule has 1 saturated carbocycles. The second-order valence-electron chi connectivity index (χ2n) is 18.9. The molecule has 63 heavy (non-hydrogen) atoms. The number of terminal acetylenes is 1. The molecule has 328 valence electrons. The van der Waals surface area contributed by atoms with Crippen LogP contribution in [-0.2, 0) is 9.53 Å². The van der Waals surface area contributed by atoms with Crippen LogP contribution in [0.1, 0.15) is 63.9 Å². The number of amides is 1. The molecule has 7 heterocycles. The van der Waals surface area contributed by atoms with E-state index in [1.54, 1.807) is 4.90 Å². The van der Waals surface area contributed by atoms with Crippen LogP contribution in [0.4, 0.5) is 19.0 Å². The fourth-order valence-corrected chi connectivity index (χ4v) is 12.0. The van der Waals surface area contributed by atoms with Gasteiger partial charge in [-0.15, -0.1) is 6.42 Å². The minimum absolute atomic E-state index is 0.0460. The number of hydrogen-bond acceptors (Lipinski definition) is 11. The Labute approximate surface area is 364 Å². The van der Waals surface area contributed by atoms with E-state index in [9.17, 15) is 15.2 Å². The summed E-state index contributed by atoms with van der Waals surface area (Å²) in [7, 11) is 0. The van der Waals surface area contributed by atoms with E-state index in [0.29, 0.717) is 30.2 Å². The number of aromatic nitrogens is 3. The number of fused-ring (bicyclic) bond motifs is 4. The summed E-state index contributed by atoms with van der Waals surface area (Å²) >= 11 is 0. The monoisotopic (exact) mass is 860 g/mol. The molecule has 2 bridgehead atoms. The van der Waals surface area contributed by atoms with Crippen molar-refractivity contribution in [3.05, 3.63) is 60.3 Å². The highest BCUT2D eigenvalue weighted by Crippen LogP contribution is 2.54. The van der Waals surface area contributed by atoms with Crippen molar-refractivity contribution in [1.82, 2.24) is 29.7 Å². The minimum Gasteiger partial charge on any atom is -0.508 e. The van der Waals surface area contributed by atoms with Crippen LogP contribution in [0.15, 0.2) is 43.1 Å². The standard InChI is InChI=1S/C48H51F3N8O4/c1-4-35-38(50)7-6-28-17-34(60)18-36(41(28)35)43-42(51)44-37(23-53-43)45(57-25-32-16-29(22-52)39(26-57)59(32)40(61)5-2)55-46(54-44)63-27-47(3)19-30(49)24-58(47)33-20-48(21-33)10-12-56(13-11-48)31-8-14-62-15-9-31/h1,5-7,17-18,23,29-33,39,60H,2,8-16,19-21,24-27H2,3H3/t29?,30-,32-,39-,47+/m1/s1. The van der Waals surface area contributed by atoms with E-state index in [0.717, 1.165) is 64.8 Å². The number of carbonyl (C=O) groups excluding carboxylic acids is 1. The van der Waals surface area contributed by atoms with Crippen molar-refractivity contribution in [2.75, 3.05) is 57.4 Å². The number of piperazine rings is 1. The normalized spacial score (nSPS) is 27.7. The number of phenols is 1. The van der Waals surface area contributed by atoms with Gasteiger partial charge < -0.3 is 29.3 Å². The average Bonchev–Trinajstić information content (AvgIpc) is 3.71. The number of halogens is 3. The number of phenolic OH excluding ortho intramolecular Hbond substituents is 1. The predicted octanol–water partition coefficient (Wildman–Crippen LogP) is 6.53. The van der Waals surface area contributed by atoms with Crippen LogP contribution in [-0.4, -0.2) is 129 Å². The molecule has 5 aliphatic heterocycles. The summed E-state index contributed by atoms with van der Waals surface area (Å²) in [6.07, 6.45) is 14.6. The minimum atomic E-state index is -1.04. The van der Waals surface area contributed by atoms with Crippen LogP contribution in [0.2, 0.25) is 0 Å². The number of rotatable bonds is 8. The van der Waals surface area contributed by atoms with Crippen LogP contribution >= 0.6 is 0 Å². The van der Waals surface area contributed by atoms with E-state index < -0.39 is 35.3 Å².